The zero-order chi connectivity index (χ0) is 14.5. The maximum absolute atomic E-state index is 10.9. The van der Waals surface area contributed by atoms with Gasteiger partial charge >= 0.3 is 5.97 Å². The maximum atomic E-state index is 10.9. The molecule has 1 heterocycles. The number of carboxylic acid groups (broad SMARTS) is 1. The van der Waals surface area contributed by atoms with Crippen LogP contribution in [0.1, 0.15) is 16.2 Å². The summed E-state index contributed by atoms with van der Waals surface area (Å²) in [6.07, 6.45) is 0. The summed E-state index contributed by atoms with van der Waals surface area (Å²) < 4.78 is 5.31. The molecule has 0 amide bonds. The molecule has 0 unspecified atom stereocenters. The van der Waals surface area contributed by atoms with E-state index < -0.39 is 5.97 Å². The van der Waals surface area contributed by atoms with Crippen LogP contribution in [0, 0.1) is 0 Å². The fourth-order valence-corrected chi connectivity index (χ4v) is 1.96. The van der Waals surface area contributed by atoms with Gasteiger partial charge in [-0.05, 0) is 24.3 Å². The fourth-order valence-electron chi connectivity index (χ4n) is 1.96. The Kier molecular flexibility index (Phi) is 4.20. The fraction of sp³-hybridized carbons (Fsp3) is 0.200. The third kappa shape index (κ3) is 3.06. The van der Waals surface area contributed by atoms with Gasteiger partial charge in [0, 0.05) is 7.05 Å². The van der Waals surface area contributed by atoms with Crippen molar-refractivity contribution in [2.45, 2.75) is 6.54 Å². The van der Waals surface area contributed by atoms with E-state index in [2.05, 4.69) is 4.98 Å². The molecule has 0 saturated heterocycles. The van der Waals surface area contributed by atoms with Crippen LogP contribution < -0.4 is 9.64 Å². The van der Waals surface area contributed by atoms with Gasteiger partial charge in [-0.2, -0.15) is 0 Å². The molecule has 2 rings (SSSR count). The number of carboxylic acids is 1. The lowest BCUT2D eigenvalue weighted by Gasteiger charge is -2.21. The SMILES string of the molecule is COc1ccccc1N(C)Cc1cccc(C(=O)O)n1. The van der Waals surface area contributed by atoms with Gasteiger partial charge in [0.05, 0.1) is 25.0 Å². The summed E-state index contributed by atoms with van der Waals surface area (Å²) in [4.78, 5) is 17.0. The smallest absolute Gasteiger partial charge is 0.354 e. The number of hydrogen-bond acceptors (Lipinski definition) is 4. The highest BCUT2D eigenvalue weighted by atomic mass is 16.5. The minimum atomic E-state index is -1.02. The molecule has 0 aliphatic carbocycles. The molecule has 1 aromatic carbocycles. The molecule has 2 aromatic rings. The van der Waals surface area contributed by atoms with Crippen molar-refractivity contribution in [3.05, 3.63) is 53.9 Å². The normalized spacial score (nSPS) is 10.1. The van der Waals surface area contributed by atoms with Crippen LogP contribution in [0.15, 0.2) is 42.5 Å². The van der Waals surface area contributed by atoms with E-state index in [1.165, 1.54) is 6.07 Å². The van der Waals surface area contributed by atoms with Crippen LogP contribution in [0.3, 0.4) is 0 Å². The Hall–Kier alpha value is -2.56. The number of pyridine rings is 1. The van der Waals surface area contributed by atoms with Crippen molar-refractivity contribution in [1.29, 1.82) is 0 Å². The lowest BCUT2D eigenvalue weighted by atomic mass is 10.2. The summed E-state index contributed by atoms with van der Waals surface area (Å²) in [6.45, 7) is 0.501. The quantitative estimate of drug-likeness (QED) is 0.905. The van der Waals surface area contributed by atoms with Crippen LogP contribution in [-0.4, -0.2) is 30.2 Å². The number of ether oxygens (including phenoxy) is 1. The molecule has 5 heteroatoms. The van der Waals surface area contributed by atoms with Crippen molar-refractivity contribution in [2.24, 2.45) is 0 Å². The number of hydrogen-bond donors (Lipinski definition) is 1. The molecular weight excluding hydrogens is 256 g/mol. The molecule has 1 aromatic heterocycles. The number of aromatic nitrogens is 1. The van der Waals surface area contributed by atoms with Crippen molar-refractivity contribution in [3.63, 3.8) is 0 Å². The minimum absolute atomic E-state index is 0.0518. The second-order valence-corrected chi connectivity index (χ2v) is 4.35. The first kappa shape index (κ1) is 13.9. The minimum Gasteiger partial charge on any atom is -0.495 e. The van der Waals surface area contributed by atoms with Crippen molar-refractivity contribution < 1.29 is 14.6 Å². The number of nitrogens with zero attached hydrogens (tertiary/aromatic N) is 2. The molecular formula is C15H16N2O3. The molecule has 0 fully saturated rings. The molecule has 104 valence electrons. The van der Waals surface area contributed by atoms with E-state index in [4.69, 9.17) is 9.84 Å². The topological polar surface area (TPSA) is 62.7 Å². The lowest BCUT2D eigenvalue weighted by molar-refractivity contribution is 0.0690. The highest BCUT2D eigenvalue weighted by Crippen LogP contribution is 2.27. The van der Waals surface area contributed by atoms with Crippen molar-refractivity contribution in [3.8, 4) is 5.75 Å². The molecule has 0 aliphatic heterocycles. The predicted octanol–water partition coefficient (Wildman–Crippen LogP) is 2.42. The van der Waals surface area contributed by atoms with E-state index in [1.807, 2.05) is 36.2 Å². The summed E-state index contributed by atoms with van der Waals surface area (Å²) >= 11 is 0. The molecule has 1 N–H and O–H groups in total. The Morgan fingerprint density at radius 2 is 2.00 bits per heavy atom. The summed E-state index contributed by atoms with van der Waals surface area (Å²) in [5.74, 6) is -0.254. The van der Waals surface area contributed by atoms with Gasteiger partial charge in [-0.1, -0.05) is 18.2 Å². The van der Waals surface area contributed by atoms with Crippen LogP contribution in [0.4, 0.5) is 5.69 Å². The summed E-state index contributed by atoms with van der Waals surface area (Å²) in [6, 6.07) is 12.6. The van der Waals surface area contributed by atoms with Crippen LogP contribution in [0.5, 0.6) is 5.75 Å². The molecule has 0 radical (unpaired) electrons. The van der Waals surface area contributed by atoms with Gasteiger partial charge in [-0.25, -0.2) is 9.78 Å². The predicted molar refractivity (Wildman–Crippen MR) is 76.3 cm³/mol. The lowest BCUT2D eigenvalue weighted by Crippen LogP contribution is -2.18. The molecule has 5 nitrogen and oxygen atoms in total. The van der Waals surface area contributed by atoms with E-state index in [1.54, 1.807) is 19.2 Å². The molecule has 0 saturated carbocycles. The molecule has 0 aliphatic rings. The van der Waals surface area contributed by atoms with E-state index in [-0.39, 0.29) is 5.69 Å². The molecule has 20 heavy (non-hydrogen) atoms. The highest BCUT2D eigenvalue weighted by Gasteiger charge is 2.10. The number of anilines is 1. The Morgan fingerprint density at radius 1 is 1.25 bits per heavy atom. The zero-order valence-corrected chi connectivity index (χ0v) is 11.4. The second kappa shape index (κ2) is 6.06. The summed E-state index contributed by atoms with van der Waals surface area (Å²) in [7, 11) is 3.53. The van der Waals surface area contributed by atoms with Crippen molar-refractivity contribution >= 4 is 11.7 Å². The first-order valence-electron chi connectivity index (χ1n) is 6.15. The Labute approximate surface area is 117 Å². The van der Waals surface area contributed by atoms with Crippen LogP contribution >= 0.6 is 0 Å². The second-order valence-electron chi connectivity index (χ2n) is 4.35. The Morgan fingerprint density at radius 3 is 2.70 bits per heavy atom. The van der Waals surface area contributed by atoms with E-state index >= 15 is 0 Å². The Bertz CT molecular complexity index is 614. The van der Waals surface area contributed by atoms with Gasteiger partial charge in [0.25, 0.3) is 0 Å². The maximum Gasteiger partial charge on any atom is 0.354 e. The number of aromatic carboxylic acids is 1. The average molecular weight is 272 g/mol. The number of methoxy groups -OCH3 is 1. The summed E-state index contributed by atoms with van der Waals surface area (Å²) in [5.41, 5.74) is 1.67. The van der Waals surface area contributed by atoms with E-state index in [0.29, 0.717) is 12.2 Å². The van der Waals surface area contributed by atoms with E-state index in [0.717, 1.165) is 11.4 Å². The average Bonchev–Trinajstić information content (AvgIpc) is 2.47. The number of rotatable bonds is 5. The standard InChI is InChI=1S/C15H16N2O3/c1-17(13-8-3-4-9-14(13)20-2)10-11-6-5-7-12(16-11)15(18)19/h3-9H,10H2,1-2H3,(H,18,19). The molecule has 0 atom stereocenters. The Balaban J connectivity index is 2.21. The van der Waals surface area contributed by atoms with Gasteiger partial charge < -0.3 is 14.7 Å². The van der Waals surface area contributed by atoms with Crippen LogP contribution in [-0.2, 0) is 6.54 Å². The number of carbonyl (C=O) groups is 1. The van der Waals surface area contributed by atoms with E-state index in [9.17, 15) is 4.79 Å². The number of para-hydroxylation sites is 2. The zero-order valence-electron chi connectivity index (χ0n) is 11.4. The van der Waals surface area contributed by atoms with Gasteiger partial charge in [-0.3, -0.25) is 0 Å². The molecule has 0 bridgehead atoms. The highest BCUT2D eigenvalue weighted by molar-refractivity contribution is 5.85. The van der Waals surface area contributed by atoms with Crippen LogP contribution in [0.2, 0.25) is 0 Å². The van der Waals surface area contributed by atoms with Gasteiger partial charge in [0.1, 0.15) is 11.4 Å². The number of benzene rings is 1. The third-order valence-corrected chi connectivity index (χ3v) is 2.92. The third-order valence-electron chi connectivity index (χ3n) is 2.92. The van der Waals surface area contributed by atoms with Gasteiger partial charge in [0.2, 0.25) is 0 Å². The summed E-state index contributed by atoms with van der Waals surface area (Å²) in [5, 5.41) is 8.95. The largest absolute Gasteiger partial charge is 0.495 e. The van der Waals surface area contributed by atoms with Crippen LogP contribution in [0.25, 0.3) is 0 Å². The first-order chi connectivity index (χ1) is 9.61. The van der Waals surface area contributed by atoms with Gasteiger partial charge in [0.15, 0.2) is 0 Å². The monoisotopic (exact) mass is 272 g/mol. The van der Waals surface area contributed by atoms with Crippen molar-refractivity contribution in [2.75, 3.05) is 19.1 Å². The van der Waals surface area contributed by atoms with Crippen molar-refractivity contribution in [1.82, 2.24) is 4.98 Å². The molecule has 0 spiro atoms. The first-order valence-corrected chi connectivity index (χ1v) is 6.15. The van der Waals surface area contributed by atoms with Gasteiger partial charge in [-0.15, -0.1) is 0 Å².